The number of hydrogen-bond donors (Lipinski definition) is 0. The molecule has 10 aromatic rings. The molecule has 1 atom stereocenters. The van der Waals surface area contributed by atoms with Crippen LogP contribution < -0.4 is 0 Å². The molecule has 3 aliphatic rings. The van der Waals surface area contributed by atoms with Crippen molar-refractivity contribution in [3.8, 4) is 67.5 Å². The number of rotatable bonds is 7. The predicted molar refractivity (Wildman–Crippen MR) is 277 cm³/mol. The average molecular weight is 856 g/mol. The Kier molecular flexibility index (Phi) is 8.97. The smallest absolute Gasteiger partial charge is 0.164 e. The summed E-state index contributed by atoms with van der Waals surface area (Å²) in [7, 11) is 0. The molecule has 0 aliphatic heterocycles. The summed E-state index contributed by atoms with van der Waals surface area (Å²) in [5, 5.41) is 5.12. The van der Waals surface area contributed by atoms with E-state index in [4.69, 9.17) is 24.9 Å². The molecule has 1 unspecified atom stereocenters. The molecular weight excluding hydrogens is 815 g/mol. The minimum Gasteiger partial charge on any atom is -0.233 e. The first-order chi connectivity index (χ1) is 33.0. The topological polar surface area (TPSA) is 63.4 Å². The normalized spacial score (nSPS) is 14.3. The fourth-order valence-corrected chi connectivity index (χ4v) is 10.5. The van der Waals surface area contributed by atoms with Gasteiger partial charge in [-0.15, -0.1) is 0 Å². The van der Waals surface area contributed by atoms with Gasteiger partial charge in [-0.05, 0) is 115 Å². The van der Waals surface area contributed by atoms with Gasteiger partial charge < -0.3 is 0 Å². The number of fused-ring (bicyclic) bond motifs is 9. The maximum atomic E-state index is 5.11. The third-order valence-electron chi connectivity index (χ3n) is 13.7. The monoisotopic (exact) mass is 855 g/mol. The van der Waals surface area contributed by atoms with Gasteiger partial charge in [-0.1, -0.05) is 183 Å². The molecule has 0 radical (unpaired) electrons. The summed E-state index contributed by atoms with van der Waals surface area (Å²) in [6.45, 7) is 6.54. The Morgan fingerprint density at radius 3 is 1.81 bits per heavy atom. The van der Waals surface area contributed by atoms with Gasteiger partial charge in [-0.25, -0.2) is 24.9 Å². The number of benzene rings is 9. The SMILES string of the molecule is C=C(/N=C(\N=C(/C)c1ccccc1)c1ccccc1)c1ccc2c(c1)-c1cccc3c1c-2cc1c2c4c(cc13)-c1ccc(-c3nc(-c5ccccc5)nc(-c5ccccc5)n3)cc1C4CC=C2. The molecule has 0 fully saturated rings. The van der Waals surface area contributed by atoms with E-state index >= 15 is 0 Å². The van der Waals surface area contributed by atoms with Gasteiger partial charge in [0.25, 0.3) is 0 Å². The van der Waals surface area contributed by atoms with Crippen molar-refractivity contribution in [3.63, 3.8) is 0 Å². The fourth-order valence-electron chi connectivity index (χ4n) is 10.5. The Hall–Kier alpha value is -8.67. The van der Waals surface area contributed by atoms with E-state index in [-0.39, 0.29) is 5.92 Å². The molecule has 0 saturated carbocycles. The Bertz CT molecular complexity index is 3720. The van der Waals surface area contributed by atoms with Crippen molar-refractivity contribution in [1.29, 1.82) is 0 Å². The van der Waals surface area contributed by atoms with E-state index in [1.807, 2.05) is 79.7 Å². The lowest BCUT2D eigenvalue weighted by Crippen LogP contribution is -2.04. The molecular formula is C62H41N5. The second-order valence-corrected chi connectivity index (χ2v) is 17.6. The molecule has 0 bridgehead atoms. The highest BCUT2D eigenvalue weighted by Gasteiger charge is 2.34. The van der Waals surface area contributed by atoms with Crippen LogP contribution in [0.15, 0.2) is 211 Å². The lowest BCUT2D eigenvalue weighted by Gasteiger charge is -2.21. The van der Waals surface area contributed by atoms with Crippen LogP contribution in [0.4, 0.5) is 0 Å². The van der Waals surface area contributed by atoms with Crippen molar-refractivity contribution >= 4 is 44.9 Å². The second-order valence-electron chi connectivity index (χ2n) is 17.6. The van der Waals surface area contributed by atoms with Crippen LogP contribution in [-0.2, 0) is 0 Å². The number of hydrogen-bond acceptors (Lipinski definition) is 4. The van der Waals surface area contributed by atoms with Gasteiger partial charge in [-0.2, -0.15) is 0 Å². The molecule has 0 spiro atoms. The lowest BCUT2D eigenvalue weighted by molar-refractivity contribution is 0.846. The molecule has 314 valence electrons. The lowest BCUT2D eigenvalue weighted by atomic mass is 9.82. The summed E-state index contributed by atoms with van der Waals surface area (Å²) >= 11 is 0. The quantitative estimate of drug-likeness (QED) is 0.0911. The average Bonchev–Trinajstić information content (AvgIpc) is 3.89. The fraction of sp³-hybridized carbons (Fsp3) is 0.0484. The van der Waals surface area contributed by atoms with Gasteiger partial charge in [0.2, 0.25) is 0 Å². The van der Waals surface area contributed by atoms with Crippen molar-refractivity contribution in [2.24, 2.45) is 9.98 Å². The molecule has 13 rings (SSSR count). The first-order valence-corrected chi connectivity index (χ1v) is 22.9. The maximum absolute atomic E-state index is 5.11. The molecule has 67 heavy (non-hydrogen) atoms. The zero-order valence-electron chi connectivity index (χ0n) is 36.8. The van der Waals surface area contributed by atoms with Crippen LogP contribution in [-0.4, -0.2) is 26.5 Å². The van der Waals surface area contributed by atoms with E-state index in [2.05, 4.69) is 134 Å². The molecule has 1 heterocycles. The highest BCUT2D eigenvalue weighted by molar-refractivity contribution is 6.25. The highest BCUT2D eigenvalue weighted by Crippen LogP contribution is 2.56. The highest BCUT2D eigenvalue weighted by atomic mass is 15.0. The molecule has 0 N–H and O–H groups in total. The minimum atomic E-state index is 0.233. The zero-order valence-corrected chi connectivity index (χ0v) is 36.8. The minimum absolute atomic E-state index is 0.233. The van der Waals surface area contributed by atoms with Crippen LogP contribution >= 0.6 is 0 Å². The van der Waals surface area contributed by atoms with E-state index < -0.39 is 0 Å². The molecule has 9 aromatic carbocycles. The number of allylic oxidation sites excluding steroid dienone is 1. The van der Waals surface area contributed by atoms with E-state index in [0.29, 0.717) is 29.0 Å². The van der Waals surface area contributed by atoms with Crippen LogP contribution in [0.1, 0.15) is 52.6 Å². The van der Waals surface area contributed by atoms with Gasteiger partial charge in [0.1, 0.15) is 0 Å². The summed E-state index contributed by atoms with van der Waals surface area (Å²) in [4.78, 5) is 25.3. The Morgan fingerprint density at radius 2 is 1.10 bits per heavy atom. The first-order valence-electron chi connectivity index (χ1n) is 22.9. The largest absolute Gasteiger partial charge is 0.233 e. The number of nitrogens with zero attached hydrogens (tertiary/aromatic N) is 5. The first kappa shape index (κ1) is 38.8. The van der Waals surface area contributed by atoms with E-state index in [0.717, 1.165) is 45.5 Å². The van der Waals surface area contributed by atoms with Crippen molar-refractivity contribution in [2.75, 3.05) is 0 Å². The van der Waals surface area contributed by atoms with Gasteiger partial charge in [0.15, 0.2) is 23.3 Å². The van der Waals surface area contributed by atoms with Crippen LogP contribution in [0, 0.1) is 0 Å². The van der Waals surface area contributed by atoms with Gasteiger partial charge in [0.05, 0.1) is 5.70 Å². The van der Waals surface area contributed by atoms with E-state index in [1.165, 1.54) is 71.6 Å². The summed E-state index contributed by atoms with van der Waals surface area (Å²) in [5.74, 6) is 2.87. The standard InChI is InChI=1S/C62H41N5/c1-37(39-17-7-3-8-18-39)63-59(40-19-9-4-10-20-40)64-38(2)43-29-31-45-51(33-43)47-25-15-27-49-54-36-56-46-32-30-44(34-52(46)48-26-16-28-50(58(48)56)53(54)35-55(45)57(47)49)62-66-60(41-21-11-5-12-22-41)65-61(67-62)42-23-13-6-14-24-42/h3-25,27-36,48H,2,26H2,1H3/b63-37+,64-59-. The number of aromatic nitrogens is 3. The Labute approximate surface area is 389 Å². The summed E-state index contributed by atoms with van der Waals surface area (Å²) in [5.41, 5.74) is 19.0. The Balaban J connectivity index is 0.906. The molecule has 3 aliphatic carbocycles. The zero-order chi connectivity index (χ0) is 44.6. The summed E-state index contributed by atoms with van der Waals surface area (Å²) < 4.78 is 0. The second kappa shape index (κ2) is 15.5. The van der Waals surface area contributed by atoms with Crippen LogP contribution in [0.5, 0.6) is 0 Å². The van der Waals surface area contributed by atoms with Crippen molar-refractivity contribution in [1.82, 2.24) is 15.0 Å². The number of amidine groups is 1. The molecule has 1 aromatic heterocycles. The van der Waals surface area contributed by atoms with Crippen molar-refractivity contribution < 1.29 is 0 Å². The summed E-state index contributed by atoms with van der Waals surface area (Å²) in [6, 6.07) is 66.0. The predicted octanol–water partition coefficient (Wildman–Crippen LogP) is 15.3. The third-order valence-corrected chi connectivity index (χ3v) is 13.7. The number of aliphatic imine (C=N–C) groups is 2. The van der Waals surface area contributed by atoms with Crippen molar-refractivity contribution in [2.45, 2.75) is 19.3 Å². The third kappa shape index (κ3) is 6.42. The maximum Gasteiger partial charge on any atom is 0.164 e. The van der Waals surface area contributed by atoms with Crippen LogP contribution in [0.2, 0.25) is 0 Å². The van der Waals surface area contributed by atoms with Crippen LogP contribution in [0.25, 0.3) is 101 Å². The van der Waals surface area contributed by atoms with Gasteiger partial charge in [-0.3, -0.25) is 0 Å². The van der Waals surface area contributed by atoms with E-state index in [9.17, 15) is 0 Å². The van der Waals surface area contributed by atoms with Gasteiger partial charge in [0, 0.05) is 39.4 Å². The molecule has 5 nitrogen and oxygen atoms in total. The van der Waals surface area contributed by atoms with E-state index in [1.54, 1.807) is 0 Å². The molecule has 5 heteroatoms. The van der Waals surface area contributed by atoms with Crippen molar-refractivity contribution in [3.05, 3.63) is 234 Å². The van der Waals surface area contributed by atoms with Gasteiger partial charge >= 0.3 is 0 Å². The summed E-state index contributed by atoms with van der Waals surface area (Å²) in [6.07, 6.45) is 5.67. The Morgan fingerprint density at radius 1 is 0.478 bits per heavy atom. The van der Waals surface area contributed by atoms with Crippen LogP contribution in [0.3, 0.4) is 0 Å². The molecule has 0 saturated heterocycles. The molecule has 0 amide bonds.